The molecule has 0 saturated heterocycles. The molecule has 0 aliphatic heterocycles. The Balaban J connectivity index is 1.95. The van der Waals surface area contributed by atoms with Crippen LogP contribution in [-0.2, 0) is 4.79 Å². The van der Waals surface area contributed by atoms with E-state index in [9.17, 15) is 9.90 Å². The molecule has 0 amide bonds. The van der Waals surface area contributed by atoms with Crippen molar-refractivity contribution in [1.82, 2.24) is 4.98 Å². The van der Waals surface area contributed by atoms with Crippen molar-refractivity contribution in [3.05, 3.63) is 64.0 Å². The molecule has 0 saturated carbocycles. The summed E-state index contributed by atoms with van der Waals surface area (Å²) in [6.45, 7) is 0. The van der Waals surface area contributed by atoms with Crippen molar-refractivity contribution in [1.29, 1.82) is 0 Å². The fourth-order valence-electron chi connectivity index (χ4n) is 1.86. The average molecular weight is 332 g/mol. The molecule has 4 nitrogen and oxygen atoms in total. The zero-order chi connectivity index (χ0) is 15.5. The normalized spacial score (nSPS) is 11.8. The second-order valence-electron chi connectivity index (χ2n) is 4.38. The lowest BCUT2D eigenvalue weighted by atomic mass is 10.2. The Labute approximate surface area is 135 Å². The predicted molar refractivity (Wildman–Crippen MR) is 86.9 cm³/mol. The number of benzene rings is 2. The zero-order valence-corrected chi connectivity index (χ0v) is 12.8. The van der Waals surface area contributed by atoms with Gasteiger partial charge in [-0.15, -0.1) is 0 Å². The quantitative estimate of drug-likeness (QED) is 0.554. The van der Waals surface area contributed by atoms with Crippen molar-refractivity contribution in [2.75, 3.05) is 0 Å². The average Bonchev–Trinajstić information content (AvgIpc) is 2.91. The van der Waals surface area contributed by atoms with E-state index in [2.05, 4.69) is 4.98 Å². The number of hydrogen-bond donors (Lipinski definition) is 1. The predicted octanol–water partition coefficient (Wildman–Crippen LogP) is 4.70. The van der Waals surface area contributed by atoms with Crippen LogP contribution >= 0.6 is 23.4 Å². The molecule has 3 rings (SSSR count). The van der Waals surface area contributed by atoms with E-state index in [1.165, 1.54) is 6.08 Å². The topological polar surface area (TPSA) is 63.3 Å². The van der Waals surface area contributed by atoms with Crippen molar-refractivity contribution in [2.24, 2.45) is 0 Å². The van der Waals surface area contributed by atoms with Crippen LogP contribution in [0.5, 0.6) is 0 Å². The minimum Gasteiger partial charge on any atom is -0.477 e. The molecular weight excluding hydrogens is 322 g/mol. The minimum absolute atomic E-state index is 0.0830. The number of carboxylic acid groups (broad SMARTS) is 1. The van der Waals surface area contributed by atoms with E-state index in [1.807, 2.05) is 12.1 Å². The first-order valence-electron chi connectivity index (χ1n) is 6.36. The van der Waals surface area contributed by atoms with Gasteiger partial charge in [-0.3, -0.25) is 0 Å². The van der Waals surface area contributed by atoms with Crippen molar-refractivity contribution in [3.8, 4) is 0 Å². The summed E-state index contributed by atoms with van der Waals surface area (Å²) in [4.78, 5) is 15.8. The lowest BCUT2D eigenvalue weighted by molar-refractivity contribution is -0.131. The van der Waals surface area contributed by atoms with Crippen LogP contribution in [0.25, 0.3) is 17.2 Å². The Bertz CT molecular complexity index is 839. The summed E-state index contributed by atoms with van der Waals surface area (Å²) in [6, 6.07) is 14.3. The van der Waals surface area contributed by atoms with Crippen molar-refractivity contribution < 1.29 is 14.3 Å². The minimum atomic E-state index is -1.06. The molecule has 0 radical (unpaired) electrons. The molecule has 2 aromatic carbocycles. The molecule has 0 atom stereocenters. The van der Waals surface area contributed by atoms with E-state index in [1.54, 1.807) is 36.4 Å². The lowest BCUT2D eigenvalue weighted by Gasteiger charge is -2.01. The van der Waals surface area contributed by atoms with Gasteiger partial charge in [0.25, 0.3) is 5.22 Å². The number of aromatic nitrogens is 1. The summed E-state index contributed by atoms with van der Waals surface area (Å²) < 4.78 is 5.53. The number of fused-ring (bicyclic) bond motifs is 1. The van der Waals surface area contributed by atoms with E-state index in [0.29, 0.717) is 21.7 Å². The van der Waals surface area contributed by atoms with Crippen molar-refractivity contribution in [3.63, 3.8) is 0 Å². The third-order valence-corrected chi connectivity index (χ3v) is 4.08. The van der Waals surface area contributed by atoms with Crippen LogP contribution < -0.4 is 0 Å². The van der Waals surface area contributed by atoms with Gasteiger partial charge in [-0.25, -0.2) is 9.78 Å². The first kappa shape index (κ1) is 14.7. The van der Waals surface area contributed by atoms with Crippen LogP contribution in [0.1, 0.15) is 5.56 Å². The number of hydrogen-bond acceptors (Lipinski definition) is 4. The third kappa shape index (κ3) is 3.16. The van der Waals surface area contributed by atoms with E-state index in [4.69, 9.17) is 16.0 Å². The molecule has 22 heavy (non-hydrogen) atoms. The third-order valence-electron chi connectivity index (χ3n) is 2.87. The summed E-state index contributed by atoms with van der Waals surface area (Å²) in [5.74, 6) is -1.06. The number of thioether (sulfide) groups is 1. The second kappa shape index (κ2) is 6.25. The molecule has 110 valence electrons. The number of para-hydroxylation sites is 2. The Morgan fingerprint density at radius 1 is 1.18 bits per heavy atom. The standard InChI is InChI=1S/C16H10ClNO3S/c17-11-6-2-1-5-10(11)9-14(15(19)20)22-16-18-12-7-3-4-8-13(12)21-16/h1-9H,(H,19,20)/b14-9-. The molecule has 0 bridgehead atoms. The number of carboxylic acids is 1. The van der Waals surface area contributed by atoms with Crippen LogP contribution in [0.2, 0.25) is 5.02 Å². The SMILES string of the molecule is O=C(O)/C(=C/c1ccccc1Cl)Sc1nc2ccccc2o1. The first-order chi connectivity index (χ1) is 10.6. The monoisotopic (exact) mass is 331 g/mol. The summed E-state index contributed by atoms with van der Waals surface area (Å²) in [5, 5.41) is 10.1. The maximum Gasteiger partial charge on any atom is 0.342 e. The molecule has 1 aromatic heterocycles. The highest BCUT2D eigenvalue weighted by molar-refractivity contribution is 8.03. The fourth-order valence-corrected chi connectivity index (χ4v) is 2.78. The highest BCUT2D eigenvalue weighted by Crippen LogP contribution is 2.31. The number of nitrogens with zero attached hydrogens (tertiary/aromatic N) is 1. The van der Waals surface area contributed by atoms with Gasteiger partial charge in [0, 0.05) is 5.02 Å². The van der Waals surface area contributed by atoms with Gasteiger partial charge in [-0.1, -0.05) is 41.9 Å². The number of oxazole rings is 1. The van der Waals surface area contributed by atoms with Gasteiger partial charge in [0.2, 0.25) is 0 Å². The number of carbonyl (C=O) groups is 1. The first-order valence-corrected chi connectivity index (χ1v) is 7.56. The highest BCUT2D eigenvalue weighted by Gasteiger charge is 2.15. The number of halogens is 1. The fraction of sp³-hybridized carbons (Fsp3) is 0. The molecule has 0 spiro atoms. The maximum atomic E-state index is 11.4. The maximum absolute atomic E-state index is 11.4. The molecule has 0 aliphatic carbocycles. The molecule has 0 aliphatic rings. The van der Waals surface area contributed by atoms with Crippen LogP contribution in [0, 0.1) is 0 Å². The Morgan fingerprint density at radius 3 is 2.64 bits per heavy atom. The number of rotatable bonds is 4. The van der Waals surface area contributed by atoms with Crippen LogP contribution in [0.4, 0.5) is 0 Å². The van der Waals surface area contributed by atoms with Gasteiger partial charge in [0.15, 0.2) is 5.58 Å². The van der Waals surface area contributed by atoms with E-state index in [0.717, 1.165) is 11.8 Å². The summed E-state index contributed by atoms with van der Waals surface area (Å²) in [7, 11) is 0. The van der Waals surface area contributed by atoms with Crippen LogP contribution in [-0.4, -0.2) is 16.1 Å². The van der Waals surface area contributed by atoms with Gasteiger partial charge < -0.3 is 9.52 Å². The van der Waals surface area contributed by atoms with Gasteiger partial charge in [-0.05, 0) is 41.6 Å². The smallest absolute Gasteiger partial charge is 0.342 e. The molecule has 6 heteroatoms. The summed E-state index contributed by atoms with van der Waals surface area (Å²) in [5.41, 5.74) is 1.94. The molecule has 0 unspecified atom stereocenters. The van der Waals surface area contributed by atoms with Gasteiger partial charge in [-0.2, -0.15) is 0 Å². The highest BCUT2D eigenvalue weighted by atomic mass is 35.5. The summed E-state index contributed by atoms with van der Waals surface area (Å²) >= 11 is 7.01. The zero-order valence-electron chi connectivity index (χ0n) is 11.2. The van der Waals surface area contributed by atoms with Gasteiger partial charge in [0.05, 0.1) is 0 Å². The Hall–Kier alpha value is -2.24. The summed E-state index contributed by atoms with van der Waals surface area (Å²) in [6.07, 6.45) is 1.50. The Morgan fingerprint density at radius 2 is 1.91 bits per heavy atom. The molecule has 1 N–H and O–H groups in total. The molecule has 3 aromatic rings. The molecule has 0 fully saturated rings. The number of aliphatic carboxylic acids is 1. The molecular formula is C16H10ClNO3S. The van der Waals surface area contributed by atoms with Crippen LogP contribution in [0.3, 0.4) is 0 Å². The van der Waals surface area contributed by atoms with E-state index in [-0.39, 0.29) is 10.1 Å². The largest absolute Gasteiger partial charge is 0.477 e. The van der Waals surface area contributed by atoms with Crippen LogP contribution in [0.15, 0.2) is 63.1 Å². The van der Waals surface area contributed by atoms with E-state index < -0.39 is 5.97 Å². The Kier molecular flexibility index (Phi) is 4.18. The van der Waals surface area contributed by atoms with Crippen molar-refractivity contribution >= 4 is 46.5 Å². The molecule has 1 heterocycles. The second-order valence-corrected chi connectivity index (χ2v) is 5.79. The van der Waals surface area contributed by atoms with Gasteiger partial charge in [0.1, 0.15) is 10.4 Å². The van der Waals surface area contributed by atoms with Gasteiger partial charge >= 0.3 is 5.97 Å². The lowest BCUT2D eigenvalue weighted by Crippen LogP contribution is -1.96. The van der Waals surface area contributed by atoms with E-state index >= 15 is 0 Å². The van der Waals surface area contributed by atoms with Crippen molar-refractivity contribution in [2.45, 2.75) is 5.22 Å².